The van der Waals surface area contributed by atoms with E-state index in [1.165, 1.54) is 18.2 Å². The number of carbonyl (C=O) groups is 1. The Morgan fingerprint density at radius 2 is 1.78 bits per heavy atom. The van der Waals surface area contributed by atoms with E-state index in [4.69, 9.17) is 9.47 Å². The largest absolute Gasteiger partial charge is 0.469 e. The third-order valence-corrected chi connectivity index (χ3v) is 8.27. The van der Waals surface area contributed by atoms with E-state index in [1.807, 2.05) is 17.8 Å². The van der Waals surface area contributed by atoms with Crippen molar-refractivity contribution >= 4 is 17.7 Å². The minimum Gasteiger partial charge on any atom is -0.469 e. The van der Waals surface area contributed by atoms with Crippen LogP contribution in [0.15, 0.2) is 66.7 Å². The Balaban J connectivity index is 1.37. The maximum Gasteiger partial charge on any atom is 0.305 e. The predicted octanol–water partition coefficient (Wildman–Crippen LogP) is 5.33. The maximum atomic E-state index is 11.3. The van der Waals surface area contributed by atoms with Crippen LogP contribution in [0.25, 0.3) is 11.1 Å². The SMILES string of the molecule is COC(=O)CCCC=CC[C@@H]1[C@@H](N2CCSCC2)[C@H](O)C[C@@H]1OCc1ccc(-c2ccccc2)cc1. The molecule has 2 fully saturated rings. The number of methoxy groups -OCH3 is 1. The number of ether oxygens (including phenoxy) is 2. The van der Waals surface area contributed by atoms with Crippen LogP contribution in [0, 0.1) is 5.92 Å². The smallest absolute Gasteiger partial charge is 0.305 e. The molecule has 36 heavy (non-hydrogen) atoms. The molecular formula is C30H39NO4S. The fourth-order valence-corrected chi connectivity index (χ4v) is 6.33. The van der Waals surface area contributed by atoms with Gasteiger partial charge in [-0.05, 0) is 36.0 Å². The van der Waals surface area contributed by atoms with E-state index in [2.05, 4.69) is 65.6 Å². The topological polar surface area (TPSA) is 59.0 Å². The van der Waals surface area contributed by atoms with Gasteiger partial charge < -0.3 is 14.6 Å². The number of carbonyl (C=O) groups excluding carboxylic acids is 1. The fourth-order valence-electron chi connectivity index (χ4n) is 5.39. The minimum absolute atomic E-state index is 0.0214. The van der Waals surface area contributed by atoms with Crippen molar-refractivity contribution in [2.45, 2.75) is 57.0 Å². The van der Waals surface area contributed by atoms with Crippen molar-refractivity contribution in [1.82, 2.24) is 4.90 Å². The molecule has 1 heterocycles. The Morgan fingerprint density at radius 1 is 1.06 bits per heavy atom. The summed E-state index contributed by atoms with van der Waals surface area (Å²) in [5.41, 5.74) is 3.57. The molecule has 6 heteroatoms. The second-order valence-electron chi connectivity index (χ2n) is 9.69. The molecule has 0 amide bonds. The molecule has 0 unspecified atom stereocenters. The van der Waals surface area contributed by atoms with Crippen molar-refractivity contribution in [3.05, 3.63) is 72.3 Å². The highest BCUT2D eigenvalue weighted by molar-refractivity contribution is 7.99. The summed E-state index contributed by atoms with van der Waals surface area (Å²) in [7, 11) is 1.43. The molecule has 1 aliphatic heterocycles. The number of aliphatic hydroxyl groups is 1. The molecule has 1 N–H and O–H groups in total. The highest BCUT2D eigenvalue weighted by atomic mass is 32.2. The van der Waals surface area contributed by atoms with Gasteiger partial charge in [-0.1, -0.05) is 66.7 Å². The van der Waals surface area contributed by atoms with E-state index < -0.39 is 0 Å². The summed E-state index contributed by atoms with van der Waals surface area (Å²) < 4.78 is 11.2. The molecular weight excluding hydrogens is 470 g/mol. The molecule has 2 aromatic rings. The summed E-state index contributed by atoms with van der Waals surface area (Å²) in [5.74, 6) is 2.34. The number of unbranched alkanes of at least 4 members (excludes halogenated alkanes) is 1. The third kappa shape index (κ3) is 7.45. The van der Waals surface area contributed by atoms with Crippen molar-refractivity contribution in [2.75, 3.05) is 31.7 Å². The lowest BCUT2D eigenvalue weighted by Gasteiger charge is -2.37. The molecule has 0 aromatic heterocycles. The highest BCUT2D eigenvalue weighted by Gasteiger charge is 2.45. The Kier molecular flexibility index (Phi) is 10.5. The Labute approximate surface area is 219 Å². The highest BCUT2D eigenvalue weighted by Crippen LogP contribution is 2.37. The average molecular weight is 510 g/mol. The molecule has 0 radical (unpaired) electrons. The summed E-state index contributed by atoms with van der Waals surface area (Å²) in [6.07, 6.45) is 7.69. The number of esters is 1. The number of thioether (sulfide) groups is 1. The quantitative estimate of drug-likeness (QED) is 0.251. The lowest BCUT2D eigenvalue weighted by molar-refractivity contribution is -0.140. The van der Waals surface area contributed by atoms with Gasteiger partial charge >= 0.3 is 5.97 Å². The monoisotopic (exact) mass is 509 g/mol. The molecule has 4 rings (SSSR count). The van der Waals surface area contributed by atoms with Gasteiger partial charge in [-0.25, -0.2) is 0 Å². The van der Waals surface area contributed by atoms with Crippen LogP contribution in [0.1, 0.15) is 37.7 Å². The number of nitrogens with zero attached hydrogens (tertiary/aromatic N) is 1. The summed E-state index contributed by atoms with van der Waals surface area (Å²) in [4.78, 5) is 13.8. The third-order valence-electron chi connectivity index (χ3n) is 7.33. The van der Waals surface area contributed by atoms with Gasteiger partial charge in [0, 0.05) is 49.4 Å². The van der Waals surface area contributed by atoms with Gasteiger partial charge in [0.1, 0.15) is 0 Å². The molecule has 4 atom stereocenters. The van der Waals surface area contributed by atoms with Gasteiger partial charge in [0.25, 0.3) is 0 Å². The molecule has 2 aliphatic rings. The zero-order chi connectivity index (χ0) is 25.2. The van der Waals surface area contributed by atoms with Crippen molar-refractivity contribution in [3.63, 3.8) is 0 Å². The van der Waals surface area contributed by atoms with Crippen LogP contribution in [-0.2, 0) is 20.9 Å². The molecule has 1 saturated heterocycles. The van der Waals surface area contributed by atoms with E-state index >= 15 is 0 Å². The van der Waals surface area contributed by atoms with Crippen molar-refractivity contribution in [1.29, 1.82) is 0 Å². The maximum absolute atomic E-state index is 11.3. The number of rotatable bonds is 11. The zero-order valence-electron chi connectivity index (χ0n) is 21.3. The first-order valence-corrected chi connectivity index (χ1v) is 14.3. The van der Waals surface area contributed by atoms with Gasteiger partial charge in [0.05, 0.1) is 25.9 Å². The molecule has 0 bridgehead atoms. The normalized spacial score (nSPS) is 24.8. The van der Waals surface area contributed by atoms with Crippen LogP contribution in [0.4, 0.5) is 0 Å². The van der Waals surface area contributed by atoms with Crippen molar-refractivity contribution < 1.29 is 19.4 Å². The van der Waals surface area contributed by atoms with Crippen LogP contribution >= 0.6 is 11.8 Å². The lowest BCUT2D eigenvalue weighted by Crippen LogP contribution is -2.48. The number of hydrogen-bond acceptors (Lipinski definition) is 6. The van der Waals surface area contributed by atoms with Gasteiger partial charge in [0.2, 0.25) is 0 Å². The lowest BCUT2D eigenvalue weighted by atomic mass is 9.95. The fraction of sp³-hybridized carbons (Fsp3) is 0.500. The molecule has 1 saturated carbocycles. The first-order chi connectivity index (χ1) is 17.7. The number of hydrogen-bond donors (Lipinski definition) is 1. The summed E-state index contributed by atoms with van der Waals surface area (Å²) in [6.45, 7) is 2.60. The minimum atomic E-state index is -0.365. The average Bonchev–Trinajstić information content (AvgIpc) is 3.25. The predicted molar refractivity (Wildman–Crippen MR) is 147 cm³/mol. The Hall–Kier alpha value is -2.12. The number of benzene rings is 2. The van der Waals surface area contributed by atoms with Crippen LogP contribution < -0.4 is 0 Å². The standard InChI is InChI=1S/C30H39NO4S/c1-34-29(33)12-8-3-2-7-11-26-28(21-27(32)30(26)31-17-19-36-20-18-31)35-22-23-13-15-25(16-14-23)24-9-5-4-6-10-24/h2,4-7,9-10,13-16,26-28,30,32H,3,8,11-12,17-22H2,1H3/t26-,27+,28-,30+/m0/s1. The first-order valence-electron chi connectivity index (χ1n) is 13.1. The van der Waals surface area contributed by atoms with Gasteiger partial charge in [-0.2, -0.15) is 11.8 Å². The van der Waals surface area contributed by atoms with Crippen LogP contribution in [0.3, 0.4) is 0 Å². The van der Waals surface area contributed by atoms with E-state index in [-0.39, 0.29) is 30.1 Å². The van der Waals surface area contributed by atoms with Crippen LogP contribution in [0.2, 0.25) is 0 Å². The van der Waals surface area contributed by atoms with E-state index in [0.29, 0.717) is 19.4 Å². The first kappa shape index (κ1) is 26.9. The summed E-state index contributed by atoms with van der Waals surface area (Å²) >= 11 is 1.99. The molecule has 1 aliphatic carbocycles. The number of aliphatic hydroxyl groups excluding tert-OH is 1. The molecule has 0 spiro atoms. The van der Waals surface area contributed by atoms with E-state index in [0.717, 1.165) is 49.4 Å². The van der Waals surface area contributed by atoms with E-state index in [9.17, 15) is 9.90 Å². The summed E-state index contributed by atoms with van der Waals surface area (Å²) in [5, 5.41) is 11.1. The van der Waals surface area contributed by atoms with Crippen molar-refractivity contribution in [3.8, 4) is 11.1 Å². The second kappa shape index (κ2) is 14.0. The summed E-state index contributed by atoms with van der Waals surface area (Å²) in [6, 6.07) is 19.1. The van der Waals surface area contributed by atoms with Crippen LogP contribution in [-0.4, -0.2) is 65.9 Å². The van der Waals surface area contributed by atoms with Gasteiger partial charge in [-0.3, -0.25) is 9.69 Å². The van der Waals surface area contributed by atoms with Crippen molar-refractivity contribution in [2.24, 2.45) is 5.92 Å². The zero-order valence-corrected chi connectivity index (χ0v) is 22.1. The second-order valence-corrected chi connectivity index (χ2v) is 10.9. The van der Waals surface area contributed by atoms with Gasteiger partial charge in [0.15, 0.2) is 0 Å². The Morgan fingerprint density at radius 3 is 2.50 bits per heavy atom. The van der Waals surface area contributed by atoms with Crippen LogP contribution in [0.5, 0.6) is 0 Å². The molecule has 2 aromatic carbocycles. The number of allylic oxidation sites excluding steroid dienone is 2. The Bertz CT molecular complexity index is 959. The molecule has 194 valence electrons. The van der Waals surface area contributed by atoms with E-state index in [1.54, 1.807) is 0 Å². The van der Waals surface area contributed by atoms with Gasteiger partial charge in [-0.15, -0.1) is 0 Å². The molecule has 5 nitrogen and oxygen atoms in total.